The molecule has 4 heteroatoms. The van der Waals surface area contributed by atoms with E-state index in [4.69, 9.17) is 4.74 Å². The molecule has 0 amide bonds. The van der Waals surface area contributed by atoms with Crippen LogP contribution in [0.2, 0.25) is 0 Å². The second kappa shape index (κ2) is 8.61. The standard InChI is InChI=1S/C19H32N2OS/c1-16-12-21(13-17(2)22-16)14-18-5-9-20(10-6-18)8-3-4-19-7-11-23-15-19/h7,11,15-18H,3-6,8-10,12-14H2,1-2H3/t16-,17-/m1/s1. The Balaban J connectivity index is 1.32. The van der Waals surface area contributed by atoms with Crippen molar-refractivity contribution in [1.29, 1.82) is 0 Å². The van der Waals surface area contributed by atoms with Gasteiger partial charge in [-0.15, -0.1) is 0 Å². The third-order valence-electron chi connectivity index (χ3n) is 5.24. The van der Waals surface area contributed by atoms with Crippen molar-refractivity contribution in [2.45, 2.75) is 51.7 Å². The van der Waals surface area contributed by atoms with Gasteiger partial charge in [0.15, 0.2) is 0 Å². The number of thiophene rings is 1. The first kappa shape index (κ1) is 17.4. The summed E-state index contributed by atoms with van der Waals surface area (Å²) in [5.41, 5.74) is 1.51. The Labute approximate surface area is 145 Å². The molecule has 2 aliphatic rings. The van der Waals surface area contributed by atoms with Crippen LogP contribution in [0.1, 0.15) is 38.7 Å². The fraction of sp³-hybridized carbons (Fsp3) is 0.789. The first-order chi connectivity index (χ1) is 11.2. The van der Waals surface area contributed by atoms with Crippen molar-refractivity contribution in [1.82, 2.24) is 9.80 Å². The maximum Gasteiger partial charge on any atom is 0.0678 e. The number of ether oxygens (including phenoxy) is 1. The van der Waals surface area contributed by atoms with Gasteiger partial charge in [-0.2, -0.15) is 11.3 Å². The lowest BCUT2D eigenvalue weighted by Gasteiger charge is -2.39. The van der Waals surface area contributed by atoms with E-state index in [0.29, 0.717) is 12.2 Å². The highest BCUT2D eigenvalue weighted by Gasteiger charge is 2.26. The predicted molar refractivity (Wildman–Crippen MR) is 98.3 cm³/mol. The lowest BCUT2D eigenvalue weighted by atomic mass is 9.95. The van der Waals surface area contributed by atoms with E-state index < -0.39 is 0 Å². The van der Waals surface area contributed by atoms with Crippen molar-refractivity contribution in [2.75, 3.05) is 39.3 Å². The van der Waals surface area contributed by atoms with Gasteiger partial charge in [0.2, 0.25) is 0 Å². The number of hydrogen-bond donors (Lipinski definition) is 0. The summed E-state index contributed by atoms with van der Waals surface area (Å²) in [6, 6.07) is 2.27. The molecule has 0 aromatic carbocycles. The van der Waals surface area contributed by atoms with E-state index >= 15 is 0 Å². The lowest BCUT2D eigenvalue weighted by Crippen LogP contribution is -2.48. The first-order valence-corrected chi connectivity index (χ1v) is 10.2. The molecule has 0 unspecified atom stereocenters. The zero-order valence-electron chi connectivity index (χ0n) is 14.7. The normalized spacial score (nSPS) is 28.3. The van der Waals surface area contributed by atoms with Gasteiger partial charge < -0.3 is 9.64 Å². The minimum Gasteiger partial charge on any atom is -0.373 e. The van der Waals surface area contributed by atoms with Crippen LogP contribution in [0.3, 0.4) is 0 Å². The van der Waals surface area contributed by atoms with Crippen LogP contribution < -0.4 is 0 Å². The van der Waals surface area contributed by atoms with Crippen LogP contribution in [-0.4, -0.2) is 61.3 Å². The SMILES string of the molecule is C[C@@H]1CN(CC2CCN(CCCc3ccsc3)CC2)C[C@@H](C)O1. The molecule has 0 spiro atoms. The molecule has 2 aliphatic heterocycles. The van der Waals surface area contributed by atoms with E-state index in [1.54, 1.807) is 0 Å². The number of piperidine rings is 1. The topological polar surface area (TPSA) is 15.7 Å². The van der Waals surface area contributed by atoms with E-state index in [0.717, 1.165) is 19.0 Å². The van der Waals surface area contributed by atoms with Gasteiger partial charge in [-0.1, -0.05) is 0 Å². The van der Waals surface area contributed by atoms with Crippen LogP contribution in [0.25, 0.3) is 0 Å². The van der Waals surface area contributed by atoms with Gasteiger partial charge in [0.1, 0.15) is 0 Å². The van der Waals surface area contributed by atoms with E-state index in [9.17, 15) is 0 Å². The van der Waals surface area contributed by atoms with E-state index in [2.05, 4.69) is 40.5 Å². The van der Waals surface area contributed by atoms with Crippen LogP contribution in [0.4, 0.5) is 0 Å². The molecule has 2 saturated heterocycles. The Morgan fingerprint density at radius 3 is 2.52 bits per heavy atom. The van der Waals surface area contributed by atoms with Gasteiger partial charge in [-0.25, -0.2) is 0 Å². The number of morpholine rings is 1. The Morgan fingerprint density at radius 1 is 1.13 bits per heavy atom. The molecule has 23 heavy (non-hydrogen) atoms. The molecule has 3 rings (SSSR count). The second-order valence-electron chi connectivity index (χ2n) is 7.50. The van der Waals surface area contributed by atoms with Gasteiger partial charge in [-0.05, 0) is 87.5 Å². The molecule has 0 bridgehead atoms. The van der Waals surface area contributed by atoms with E-state index in [1.807, 2.05) is 11.3 Å². The number of rotatable bonds is 6. The Morgan fingerprint density at radius 2 is 1.87 bits per heavy atom. The zero-order valence-corrected chi connectivity index (χ0v) is 15.6. The van der Waals surface area contributed by atoms with Crippen LogP contribution in [0.15, 0.2) is 16.8 Å². The summed E-state index contributed by atoms with van der Waals surface area (Å²) in [4.78, 5) is 5.31. The lowest BCUT2D eigenvalue weighted by molar-refractivity contribution is -0.0731. The molecule has 0 aliphatic carbocycles. The average Bonchev–Trinajstić information content (AvgIpc) is 3.01. The first-order valence-electron chi connectivity index (χ1n) is 9.30. The molecule has 130 valence electrons. The fourth-order valence-electron chi connectivity index (χ4n) is 4.13. The third-order valence-corrected chi connectivity index (χ3v) is 5.97. The van der Waals surface area contributed by atoms with Gasteiger partial charge >= 0.3 is 0 Å². The number of likely N-dealkylation sites (tertiary alicyclic amines) is 1. The molecular weight excluding hydrogens is 304 g/mol. The fourth-order valence-corrected chi connectivity index (χ4v) is 4.84. The van der Waals surface area contributed by atoms with Crippen molar-refractivity contribution in [3.05, 3.63) is 22.4 Å². The summed E-state index contributed by atoms with van der Waals surface area (Å²) in [6.07, 6.45) is 6.09. The second-order valence-corrected chi connectivity index (χ2v) is 8.28. The van der Waals surface area contributed by atoms with Crippen molar-refractivity contribution in [3.8, 4) is 0 Å². The number of nitrogens with zero attached hydrogens (tertiary/aromatic N) is 2. The molecule has 1 aromatic heterocycles. The summed E-state index contributed by atoms with van der Waals surface area (Å²) in [6.45, 7) is 11.8. The summed E-state index contributed by atoms with van der Waals surface area (Å²) >= 11 is 1.82. The Kier molecular flexibility index (Phi) is 6.52. The number of aryl methyl sites for hydroxylation is 1. The minimum absolute atomic E-state index is 0.399. The van der Waals surface area contributed by atoms with Crippen molar-refractivity contribution >= 4 is 11.3 Å². The molecule has 3 nitrogen and oxygen atoms in total. The average molecular weight is 337 g/mol. The zero-order chi connectivity index (χ0) is 16.1. The van der Waals surface area contributed by atoms with Crippen molar-refractivity contribution in [3.63, 3.8) is 0 Å². The maximum atomic E-state index is 5.85. The molecule has 2 atom stereocenters. The summed E-state index contributed by atoms with van der Waals surface area (Å²) in [5.74, 6) is 0.889. The van der Waals surface area contributed by atoms with Crippen molar-refractivity contribution < 1.29 is 4.74 Å². The quantitative estimate of drug-likeness (QED) is 0.791. The summed E-state index contributed by atoms with van der Waals surface area (Å²) in [7, 11) is 0. The van der Waals surface area contributed by atoms with Crippen LogP contribution in [0, 0.1) is 5.92 Å². The Hall–Kier alpha value is -0.420. The largest absolute Gasteiger partial charge is 0.373 e. The summed E-state index contributed by atoms with van der Waals surface area (Å²) < 4.78 is 5.85. The van der Waals surface area contributed by atoms with Gasteiger partial charge in [0.25, 0.3) is 0 Å². The van der Waals surface area contributed by atoms with Crippen LogP contribution in [0.5, 0.6) is 0 Å². The highest BCUT2D eigenvalue weighted by atomic mass is 32.1. The number of hydrogen-bond acceptors (Lipinski definition) is 4. The van der Waals surface area contributed by atoms with E-state index in [1.165, 1.54) is 57.4 Å². The molecule has 0 N–H and O–H groups in total. The molecule has 3 heterocycles. The molecule has 0 radical (unpaired) electrons. The minimum atomic E-state index is 0.399. The summed E-state index contributed by atoms with van der Waals surface area (Å²) in [5, 5.41) is 4.48. The van der Waals surface area contributed by atoms with Gasteiger partial charge in [-0.3, -0.25) is 4.90 Å². The molecular formula is C19H32N2OS. The van der Waals surface area contributed by atoms with Gasteiger partial charge in [0, 0.05) is 19.6 Å². The monoisotopic (exact) mass is 336 g/mol. The van der Waals surface area contributed by atoms with Crippen molar-refractivity contribution in [2.24, 2.45) is 5.92 Å². The third kappa shape index (κ3) is 5.56. The Bertz CT molecular complexity index is 432. The van der Waals surface area contributed by atoms with Gasteiger partial charge in [0.05, 0.1) is 12.2 Å². The van der Waals surface area contributed by atoms with E-state index in [-0.39, 0.29) is 0 Å². The molecule has 0 saturated carbocycles. The van der Waals surface area contributed by atoms with Crippen LogP contribution >= 0.6 is 11.3 Å². The highest BCUT2D eigenvalue weighted by molar-refractivity contribution is 7.07. The molecule has 1 aromatic rings. The maximum absolute atomic E-state index is 5.85. The predicted octanol–water partition coefficient (Wildman–Crippen LogP) is 3.50. The smallest absolute Gasteiger partial charge is 0.0678 e. The highest BCUT2D eigenvalue weighted by Crippen LogP contribution is 2.21. The molecule has 2 fully saturated rings. The van der Waals surface area contributed by atoms with Crippen LogP contribution in [-0.2, 0) is 11.2 Å².